The van der Waals surface area contributed by atoms with Gasteiger partial charge in [-0.2, -0.15) is 0 Å². The molecule has 92 valence electrons. The molecule has 0 aromatic heterocycles. The summed E-state index contributed by atoms with van der Waals surface area (Å²) in [6.07, 6.45) is 7.69. The lowest BCUT2D eigenvalue weighted by Gasteiger charge is -2.45. The maximum Gasteiger partial charge on any atom is 0.226 e. The Labute approximate surface area is 103 Å². The van der Waals surface area contributed by atoms with Crippen LogP contribution in [0.15, 0.2) is 0 Å². The number of rotatable bonds is 2. The second kappa shape index (κ2) is 5.39. The number of fused-ring (bicyclic) bond motifs is 1. The van der Waals surface area contributed by atoms with Crippen LogP contribution in [-0.4, -0.2) is 29.3 Å². The topological polar surface area (TPSA) is 20.3 Å². The third kappa shape index (κ3) is 2.37. The summed E-state index contributed by atoms with van der Waals surface area (Å²) < 4.78 is 0. The smallest absolute Gasteiger partial charge is 0.226 e. The molecule has 0 bridgehead atoms. The first-order chi connectivity index (χ1) is 7.74. The highest BCUT2D eigenvalue weighted by atomic mass is 35.5. The van der Waals surface area contributed by atoms with E-state index in [2.05, 4.69) is 4.90 Å². The largest absolute Gasteiger partial charge is 0.339 e. The van der Waals surface area contributed by atoms with Gasteiger partial charge in [-0.3, -0.25) is 4.79 Å². The van der Waals surface area contributed by atoms with E-state index in [1.807, 2.05) is 6.92 Å². The van der Waals surface area contributed by atoms with Crippen LogP contribution >= 0.6 is 11.6 Å². The summed E-state index contributed by atoms with van der Waals surface area (Å²) in [5, 5.41) is 0. The van der Waals surface area contributed by atoms with E-state index in [4.69, 9.17) is 11.6 Å². The molecule has 0 spiro atoms. The van der Waals surface area contributed by atoms with Crippen molar-refractivity contribution in [2.75, 3.05) is 12.4 Å². The number of alkyl halides is 1. The van der Waals surface area contributed by atoms with Crippen LogP contribution in [0.4, 0.5) is 0 Å². The Morgan fingerprint density at radius 3 is 2.75 bits per heavy atom. The summed E-state index contributed by atoms with van der Waals surface area (Å²) in [6, 6.07) is 0.528. The molecule has 0 aromatic carbocycles. The van der Waals surface area contributed by atoms with E-state index in [-0.39, 0.29) is 11.8 Å². The van der Waals surface area contributed by atoms with Gasteiger partial charge in [-0.05, 0) is 31.6 Å². The van der Waals surface area contributed by atoms with E-state index in [0.29, 0.717) is 11.9 Å². The number of piperidine rings is 1. The second-order valence-corrected chi connectivity index (χ2v) is 5.65. The number of hydrogen-bond acceptors (Lipinski definition) is 1. The first-order valence-corrected chi connectivity index (χ1v) is 7.14. The van der Waals surface area contributed by atoms with Crippen LogP contribution in [0.25, 0.3) is 0 Å². The predicted octanol–water partition coefficient (Wildman–Crippen LogP) is 3.04. The standard InChI is InChI=1S/C13H22ClNO/c1-10(9-14)13(16)15-8-4-6-11-5-2-3-7-12(11)15/h10-12H,2-9H2,1H3. The predicted molar refractivity (Wildman–Crippen MR) is 66.6 cm³/mol. The van der Waals surface area contributed by atoms with Crippen LogP contribution in [0.3, 0.4) is 0 Å². The Kier molecular flexibility index (Phi) is 4.12. The van der Waals surface area contributed by atoms with Crippen LogP contribution in [0.2, 0.25) is 0 Å². The van der Waals surface area contributed by atoms with Gasteiger partial charge in [0, 0.05) is 24.4 Å². The minimum absolute atomic E-state index is 0.0117. The number of halogens is 1. The number of nitrogens with zero attached hydrogens (tertiary/aromatic N) is 1. The highest BCUT2D eigenvalue weighted by molar-refractivity contribution is 6.19. The summed E-state index contributed by atoms with van der Waals surface area (Å²) in [5.74, 6) is 1.50. The van der Waals surface area contributed by atoms with E-state index in [1.54, 1.807) is 0 Å². The highest BCUT2D eigenvalue weighted by Gasteiger charge is 2.36. The fourth-order valence-electron chi connectivity index (χ4n) is 3.25. The summed E-state index contributed by atoms with van der Waals surface area (Å²) in [4.78, 5) is 14.4. The van der Waals surface area contributed by atoms with Gasteiger partial charge in [-0.25, -0.2) is 0 Å². The fraction of sp³-hybridized carbons (Fsp3) is 0.923. The van der Waals surface area contributed by atoms with Crippen molar-refractivity contribution < 1.29 is 4.79 Å². The molecule has 16 heavy (non-hydrogen) atoms. The monoisotopic (exact) mass is 243 g/mol. The van der Waals surface area contributed by atoms with Gasteiger partial charge in [0.1, 0.15) is 0 Å². The van der Waals surface area contributed by atoms with Gasteiger partial charge in [0.25, 0.3) is 0 Å². The van der Waals surface area contributed by atoms with Crippen molar-refractivity contribution >= 4 is 17.5 Å². The molecule has 1 amide bonds. The van der Waals surface area contributed by atoms with E-state index in [9.17, 15) is 4.79 Å². The van der Waals surface area contributed by atoms with Gasteiger partial charge in [-0.1, -0.05) is 19.8 Å². The van der Waals surface area contributed by atoms with Crippen molar-refractivity contribution in [3.8, 4) is 0 Å². The number of likely N-dealkylation sites (tertiary alicyclic amines) is 1. The lowest BCUT2D eigenvalue weighted by atomic mass is 9.78. The molecule has 2 aliphatic rings. The first-order valence-electron chi connectivity index (χ1n) is 6.60. The molecule has 0 aromatic rings. The summed E-state index contributed by atoms with van der Waals surface area (Å²) in [7, 11) is 0. The zero-order chi connectivity index (χ0) is 11.5. The Morgan fingerprint density at radius 2 is 2.00 bits per heavy atom. The third-order valence-corrected chi connectivity index (χ3v) is 4.64. The molecule has 1 saturated carbocycles. The molecule has 2 rings (SSSR count). The highest BCUT2D eigenvalue weighted by Crippen LogP contribution is 2.35. The average Bonchev–Trinajstić information content (AvgIpc) is 2.36. The van der Waals surface area contributed by atoms with Gasteiger partial charge >= 0.3 is 0 Å². The van der Waals surface area contributed by atoms with Crippen LogP contribution in [0, 0.1) is 11.8 Å². The van der Waals surface area contributed by atoms with Crippen LogP contribution in [0.1, 0.15) is 45.4 Å². The van der Waals surface area contributed by atoms with Crippen molar-refractivity contribution in [1.82, 2.24) is 4.90 Å². The molecule has 3 unspecified atom stereocenters. The molecule has 3 atom stereocenters. The quantitative estimate of drug-likeness (QED) is 0.683. The van der Waals surface area contributed by atoms with E-state index in [1.165, 1.54) is 38.5 Å². The Hall–Kier alpha value is -0.240. The van der Waals surface area contributed by atoms with Gasteiger partial charge in [0.15, 0.2) is 0 Å². The molecule has 0 radical (unpaired) electrons. The summed E-state index contributed by atoms with van der Waals surface area (Å²) in [6.45, 7) is 2.91. The van der Waals surface area contributed by atoms with Crippen LogP contribution < -0.4 is 0 Å². The van der Waals surface area contributed by atoms with Gasteiger partial charge in [-0.15, -0.1) is 11.6 Å². The van der Waals surface area contributed by atoms with Gasteiger partial charge in [0.2, 0.25) is 5.91 Å². The molecular weight excluding hydrogens is 222 g/mol. The van der Waals surface area contributed by atoms with Crippen molar-refractivity contribution in [3.63, 3.8) is 0 Å². The van der Waals surface area contributed by atoms with Crippen LogP contribution in [-0.2, 0) is 4.79 Å². The molecule has 3 heteroatoms. The average molecular weight is 244 g/mol. The maximum absolute atomic E-state index is 12.2. The molecule has 2 nitrogen and oxygen atoms in total. The summed E-state index contributed by atoms with van der Waals surface area (Å²) >= 11 is 5.79. The van der Waals surface area contributed by atoms with Crippen LogP contribution in [0.5, 0.6) is 0 Å². The zero-order valence-electron chi connectivity index (χ0n) is 10.1. The minimum atomic E-state index is -0.0117. The Morgan fingerprint density at radius 1 is 1.31 bits per heavy atom. The third-order valence-electron chi connectivity index (χ3n) is 4.18. The summed E-state index contributed by atoms with van der Waals surface area (Å²) in [5.41, 5.74) is 0. The maximum atomic E-state index is 12.2. The lowest BCUT2D eigenvalue weighted by molar-refractivity contribution is -0.140. The molecule has 1 saturated heterocycles. The zero-order valence-corrected chi connectivity index (χ0v) is 10.9. The van der Waals surface area contributed by atoms with E-state index in [0.717, 1.165) is 12.5 Å². The van der Waals surface area contributed by atoms with Gasteiger partial charge < -0.3 is 4.90 Å². The molecule has 1 aliphatic carbocycles. The molecular formula is C13H22ClNO. The molecule has 1 heterocycles. The first kappa shape index (κ1) is 12.2. The Balaban J connectivity index is 2.04. The second-order valence-electron chi connectivity index (χ2n) is 5.34. The van der Waals surface area contributed by atoms with Crippen molar-refractivity contribution in [2.24, 2.45) is 11.8 Å². The fourth-order valence-corrected chi connectivity index (χ4v) is 3.38. The SMILES string of the molecule is CC(CCl)C(=O)N1CCCC2CCCCC21. The number of hydrogen-bond donors (Lipinski definition) is 0. The minimum Gasteiger partial charge on any atom is -0.339 e. The van der Waals surface area contributed by atoms with Crippen molar-refractivity contribution in [3.05, 3.63) is 0 Å². The molecule has 1 aliphatic heterocycles. The van der Waals surface area contributed by atoms with Gasteiger partial charge in [0.05, 0.1) is 0 Å². The number of carbonyl (C=O) groups is 1. The van der Waals surface area contributed by atoms with Crippen molar-refractivity contribution in [1.29, 1.82) is 0 Å². The normalized spacial score (nSPS) is 32.0. The molecule has 0 N–H and O–H groups in total. The van der Waals surface area contributed by atoms with E-state index >= 15 is 0 Å². The van der Waals surface area contributed by atoms with E-state index < -0.39 is 0 Å². The Bertz CT molecular complexity index is 254. The number of carbonyl (C=O) groups excluding carboxylic acids is 1. The number of amides is 1. The lowest BCUT2D eigenvalue weighted by Crippen LogP contribution is -2.51. The van der Waals surface area contributed by atoms with Crippen molar-refractivity contribution in [2.45, 2.75) is 51.5 Å². The molecule has 2 fully saturated rings.